The van der Waals surface area contributed by atoms with Gasteiger partial charge in [-0.1, -0.05) is 243 Å². The summed E-state index contributed by atoms with van der Waals surface area (Å²) >= 11 is 0. The third-order valence-corrected chi connectivity index (χ3v) is 12.6. The minimum Gasteiger partial charge on any atom is -0.462 e. The number of esters is 3. The second kappa shape index (κ2) is 54.2. The fraction of sp³-hybridized carbons (Fsp3) is 0.847. The summed E-state index contributed by atoms with van der Waals surface area (Å²) in [6, 6.07) is 0. The van der Waals surface area contributed by atoms with E-state index in [1.807, 2.05) is 0 Å². The second-order valence-corrected chi connectivity index (χ2v) is 19.2. The molecule has 0 aliphatic carbocycles. The van der Waals surface area contributed by atoms with Crippen LogP contribution in [0.2, 0.25) is 0 Å². The van der Waals surface area contributed by atoms with Gasteiger partial charge in [-0.05, 0) is 77.0 Å². The maximum absolute atomic E-state index is 12.8. The SMILES string of the molecule is CCCCC/C=C\C/C=C\CCCCCCCC(=O)O[C@@H](COC(=O)CCCCCCC/C=C\CCCCCCCC)COC(=O)CCCCCCCCCCCCCCCCCCC. The maximum atomic E-state index is 12.8. The number of rotatable bonds is 52. The highest BCUT2D eigenvalue weighted by Crippen LogP contribution is 2.16. The van der Waals surface area contributed by atoms with Crippen LogP contribution >= 0.6 is 0 Å². The Labute approximate surface area is 404 Å². The standard InChI is InChI=1S/C59H108O6/c1-4-7-10-13-16-19-22-25-28-29-32-34-37-40-43-46-49-52-58(61)64-55-56(65-59(62)53-50-47-44-41-38-35-31-27-24-21-18-15-12-9-6-3)54-63-57(60)51-48-45-42-39-36-33-30-26-23-20-17-14-11-8-5-2/h18,21,26-27,30-31,56H,4-17,19-20,22-25,28-29,32-55H2,1-3H3/b21-18-,30-26-,31-27-/t56-/m0/s1. The molecule has 6 nitrogen and oxygen atoms in total. The highest BCUT2D eigenvalue weighted by atomic mass is 16.6. The van der Waals surface area contributed by atoms with Gasteiger partial charge in [0.2, 0.25) is 0 Å². The van der Waals surface area contributed by atoms with E-state index in [1.54, 1.807) is 0 Å². The first-order valence-corrected chi connectivity index (χ1v) is 28.5. The first-order valence-electron chi connectivity index (χ1n) is 28.5. The molecule has 0 aromatic rings. The zero-order valence-electron chi connectivity index (χ0n) is 43.5. The number of unbranched alkanes of at least 4 members (excludes halogenated alkanes) is 35. The Bertz CT molecular complexity index is 1090. The fourth-order valence-corrected chi connectivity index (χ4v) is 8.29. The number of carbonyl (C=O) groups excluding carboxylic acids is 3. The minimum absolute atomic E-state index is 0.0770. The van der Waals surface area contributed by atoms with Crippen LogP contribution in [0.15, 0.2) is 36.5 Å². The molecular formula is C59H108O6. The van der Waals surface area contributed by atoms with Crippen molar-refractivity contribution < 1.29 is 28.6 Å². The van der Waals surface area contributed by atoms with Gasteiger partial charge in [0.15, 0.2) is 6.10 Å². The molecule has 0 unspecified atom stereocenters. The molecule has 1 atom stereocenters. The van der Waals surface area contributed by atoms with Crippen LogP contribution in [0, 0.1) is 0 Å². The van der Waals surface area contributed by atoms with Crippen molar-refractivity contribution in [2.45, 2.75) is 309 Å². The molecule has 65 heavy (non-hydrogen) atoms. The normalized spacial score (nSPS) is 12.2. The van der Waals surface area contributed by atoms with E-state index >= 15 is 0 Å². The molecule has 0 spiro atoms. The van der Waals surface area contributed by atoms with Crippen molar-refractivity contribution in [2.24, 2.45) is 0 Å². The van der Waals surface area contributed by atoms with Crippen LogP contribution in [-0.2, 0) is 28.6 Å². The molecule has 0 radical (unpaired) electrons. The first kappa shape index (κ1) is 62.6. The third-order valence-electron chi connectivity index (χ3n) is 12.6. The Morgan fingerprint density at radius 2 is 0.554 bits per heavy atom. The van der Waals surface area contributed by atoms with Crippen molar-refractivity contribution in [3.63, 3.8) is 0 Å². The Balaban J connectivity index is 4.37. The Hall–Kier alpha value is -2.37. The van der Waals surface area contributed by atoms with Gasteiger partial charge in [-0.2, -0.15) is 0 Å². The summed E-state index contributed by atoms with van der Waals surface area (Å²) in [7, 11) is 0. The molecule has 0 saturated carbocycles. The zero-order valence-corrected chi connectivity index (χ0v) is 43.5. The van der Waals surface area contributed by atoms with Gasteiger partial charge >= 0.3 is 17.9 Å². The van der Waals surface area contributed by atoms with Gasteiger partial charge in [0.1, 0.15) is 13.2 Å². The van der Waals surface area contributed by atoms with Crippen LogP contribution in [-0.4, -0.2) is 37.2 Å². The van der Waals surface area contributed by atoms with Crippen molar-refractivity contribution in [2.75, 3.05) is 13.2 Å². The first-order chi connectivity index (χ1) is 32.0. The summed E-state index contributed by atoms with van der Waals surface area (Å²) in [5.41, 5.74) is 0. The molecule has 0 heterocycles. The summed E-state index contributed by atoms with van der Waals surface area (Å²) < 4.78 is 16.9. The van der Waals surface area contributed by atoms with E-state index in [4.69, 9.17) is 14.2 Å². The lowest BCUT2D eigenvalue weighted by atomic mass is 10.0. The molecule has 0 aromatic carbocycles. The summed E-state index contributed by atoms with van der Waals surface area (Å²) in [5.74, 6) is -0.884. The van der Waals surface area contributed by atoms with E-state index in [1.165, 1.54) is 173 Å². The number of hydrogen-bond donors (Lipinski definition) is 0. The molecular weight excluding hydrogens is 805 g/mol. The van der Waals surface area contributed by atoms with Gasteiger partial charge in [0, 0.05) is 19.3 Å². The zero-order chi connectivity index (χ0) is 47.2. The molecule has 6 heteroatoms. The third kappa shape index (κ3) is 52.5. The molecule has 380 valence electrons. The van der Waals surface area contributed by atoms with E-state index in [9.17, 15) is 14.4 Å². The van der Waals surface area contributed by atoms with Crippen LogP contribution in [0.1, 0.15) is 303 Å². The fourth-order valence-electron chi connectivity index (χ4n) is 8.29. The lowest BCUT2D eigenvalue weighted by molar-refractivity contribution is -0.167. The predicted molar refractivity (Wildman–Crippen MR) is 279 cm³/mol. The quantitative estimate of drug-likeness (QED) is 0.0262. The smallest absolute Gasteiger partial charge is 0.306 e. The molecule has 0 fully saturated rings. The molecule has 0 saturated heterocycles. The van der Waals surface area contributed by atoms with E-state index in [-0.39, 0.29) is 31.1 Å². The summed E-state index contributed by atoms with van der Waals surface area (Å²) in [5, 5.41) is 0. The molecule has 0 N–H and O–H groups in total. The molecule has 0 aromatic heterocycles. The lowest BCUT2D eigenvalue weighted by Crippen LogP contribution is -2.30. The van der Waals surface area contributed by atoms with Gasteiger partial charge in [0.25, 0.3) is 0 Å². The Morgan fingerprint density at radius 3 is 0.892 bits per heavy atom. The summed E-state index contributed by atoms with van der Waals surface area (Å²) in [6.45, 7) is 6.63. The van der Waals surface area contributed by atoms with E-state index in [0.29, 0.717) is 19.3 Å². The topological polar surface area (TPSA) is 78.9 Å². The molecule has 0 aliphatic rings. The minimum atomic E-state index is -0.780. The molecule has 0 rings (SSSR count). The van der Waals surface area contributed by atoms with Gasteiger partial charge < -0.3 is 14.2 Å². The largest absolute Gasteiger partial charge is 0.462 e. The predicted octanol–water partition coefficient (Wildman–Crippen LogP) is 18.9. The average molecular weight is 914 g/mol. The monoisotopic (exact) mass is 913 g/mol. The Kier molecular flexibility index (Phi) is 52.3. The number of hydrogen-bond acceptors (Lipinski definition) is 6. The summed E-state index contributed by atoms with van der Waals surface area (Å²) in [4.78, 5) is 38.1. The van der Waals surface area contributed by atoms with Gasteiger partial charge in [-0.3, -0.25) is 14.4 Å². The highest BCUT2D eigenvalue weighted by molar-refractivity contribution is 5.71. The van der Waals surface area contributed by atoms with E-state index in [0.717, 1.165) is 89.9 Å². The van der Waals surface area contributed by atoms with Crippen LogP contribution in [0.5, 0.6) is 0 Å². The second-order valence-electron chi connectivity index (χ2n) is 19.2. The van der Waals surface area contributed by atoms with Crippen LogP contribution in [0.25, 0.3) is 0 Å². The maximum Gasteiger partial charge on any atom is 0.306 e. The number of ether oxygens (including phenoxy) is 3. The highest BCUT2D eigenvalue weighted by Gasteiger charge is 2.19. The van der Waals surface area contributed by atoms with Crippen molar-refractivity contribution in [1.29, 1.82) is 0 Å². The van der Waals surface area contributed by atoms with Crippen LogP contribution in [0.3, 0.4) is 0 Å². The number of carbonyl (C=O) groups is 3. The molecule has 0 amide bonds. The Morgan fingerprint density at radius 1 is 0.308 bits per heavy atom. The molecule has 0 bridgehead atoms. The van der Waals surface area contributed by atoms with Crippen LogP contribution < -0.4 is 0 Å². The van der Waals surface area contributed by atoms with Crippen molar-refractivity contribution >= 4 is 17.9 Å². The van der Waals surface area contributed by atoms with E-state index in [2.05, 4.69) is 57.2 Å². The van der Waals surface area contributed by atoms with Crippen molar-refractivity contribution in [1.82, 2.24) is 0 Å². The lowest BCUT2D eigenvalue weighted by Gasteiger charge is -2.18. The van der Waals surface area contributed by atoms with Gasteiger partial charge in [0.05, 0.1) is 0 Å². The molecule has 0 aliphatic heterocycles. The van der Waals surface area contributed by atoms with Crippen LogP contribution in [0.4, 0.5) is 0 Å². The van der Waals surface area contributed by atoms with E-state index < -0.39 is 6.10 Å². The number of allylic oxidation sites excluding steroid dienone is 6. The van der Waals surface area contributed by atoms with Gasteiger partial charge in [-0.25, -0.2) is 0 Å². The van der Waals surface area contributed by atoms with Crippen molar-refractivity contribution in [3.05, 3.63) is 36.5 Å². The average Bonchev–Trinajstić information content (AvgIpc) is 3.30. The van der Waals surface area contributed by atoms with Gasteiger partial charge in [-0.15, -0.1) is 0 Å². The summed E-state index contributed by atoms with van der Waals surface area (Å²) in [6.07, 6.45) is 64.1. The van der Waals surface area contributed by atoms with Crippen molar-refractivity contribution in [3.8, 4) is 0 Å².